The van der Waals surface area contributed by atoms with Gasteiger partial charge in [0, 0.05) is 15.6 Å². The summed E-state index contributed by atoms with van der Waals surface area (Å²) in [7, 11) is 0. The normalized spacial score (nSPS) is 10.6. The highest BCUT2D eigenvalue weighted by molar-refractivity contribution is 9.10. The van der Waals surface area contributed by atoms with E-state index in [1.165, 1.54) is 0 Å². The van der Waals surface area contributed by atoms with Crippen LogP contribution in [0.15, 0.2) is 59.1 Å². The number of benzene rings is 2. The highest BCUT2D eigenvalue weighted by atomic mass is 79.9. The first kappa shape index (κ1) is 15.8. The topological polar surface area (TPSA) is 46.9 Å². The summed E-state index contributed by atoms with van der Waals surface area (Å²) in [5.74, 6) is 0.381. The monoisotopic (exact) mass is 389 g/mol. The third-order valence-corrected chi connectivity index (χ3v) is 4.17. The summed E-state index contributed by atoms with van der Waals surface area (Å²) >= 11 is 9.43. The molecular formula is C17H13BrClN3O. The largest absolute Gasteiger partial charge is 0.306 e. The van der Waals surface area contributed by atoms with Crippen LogP contribution < -0.4 is 5.32 Å². The minimum atomic E-state index is -0.208. The molecule has 1 amide bonds. The molecule has 0 aliphatic rings. The highest BCUT2D eigenvalue weighted by Gasteiger charge is 2.14. The van der Waals surface area contributed by atoms with E-state index in [1.54, 1.807) is 22.9 Å². The molecule has 0 aliphatic heterocycles. The zero-order chi connectivity index (χ0) is 16.4. The van der Waals surface area contributed by atoms with Gasteiger partial charge in [-0.15, -0.1) is 0 Å². The van der Waals surface area contributed by atoms with Crippen molar-refractivity contribution in [2.75, 3.05) is 5.32 Å². The van der Waals surface area contributed by atoms with Crippen LogP contribution in [0.2, 0.25) is 5.02 Å². The molecule has 1 aromatic heterocycles. The Morgan fingerprint density at radius 1 is 1.17 bits per heavy atom. The first-order valence-electron chi connectivity index (χ1n) is 6.93. The standard InChI is InChI=1S/C17H13BrClN3O/c1-11-9-16(20-17(23)14-7-2-3-8-15(14)18)22(21-11)13-6-4-5-12(19)10-13/h2-10H,1H3,(H,20,23). The number of hydrogen-bond acceptors (Lipinski definition) is 2. The number of nitrogens with zero attached hydrogens (tertiary/aromatic N) is 2. The van der Waals surface area contributed by atoms with Gasteiger partial charge in [-0.3, -0.25) is 4.79 Å². The van der Waals surface area contributed by atoms with Crippen molar-refractivity contribution in [3.63, 3.8) is 0 Å². The molecule has 0 saturated heterocycles. The molecule has 0 radical (unpaired) electrons. The molecule has 4 nitrogen and oxygen atoms in total. The van der Waals surface area contributed by atoms with Crippen molar-refractivity contribution in [2.45, 2.75) is 6.92 Å². The van der Waals surface area contributed by atoms with Crippen molar-refractivity contribution in [1.82, 2.24) is 9.78 Å². The van der Waals surface area contributed by atoms with E-state index in [9.17, 15) is 4.79 Å². The Morgan fingerprint density at radius 3 is 2.70 bits per heavy atom. The van der Waals surface area contributed by atoms with Gasteiger partial charge in [-0.05, 0) is 53.2 Å². The molecule has 6 heteroatoms. The quantitative estimate of drug-likeness (QED) is 0.695. The summed E-state index contributed by atoms with van der Waals surface area (Å²) < 4.78 is 2.40. The van der Waals surface area contributed by atoms with Gasteiger partial charge in [-0.1, -0.05) is 29.8 Å². The molecule has 3 rings (SSSR count). The molecule has 1 N–H and O–H groups in total. The molecule has 0 saturated carbocycles. The molecule has 0 bridgehead atoms. The van der Waals surface area contributed by atoms with Gasteiger partial charge in [-0.25, -0.2) is 4.68 Å². The lowest BCUT2D eigenvalue weighted by atomic mass is 10.2. The van der Waals surface area contributed by atoms with Crippen LogP contribution >= 0.6 is 27.5 Å². The zero-order valence-corrected chi connectivity index (χ0v) is 14.6. The van der Waals surface area contributed by atoms with Gasteiger partial charge >= 0.3 is 0 Å². The summed E-state index contributed by atoms with van der Waals surface area (Å²) in [6.07, 6.45) is 0. The van der Waals surface area contributed by atoms with Gasteiger partial charge in [-0.2, -0.15) is 5.10 Å². The highest BCUT2D eigenvalue weighted by Crippen LogP contribution is 2.22. The summed E-state index contributed by atoms with van der Waals surface area (Å²) in [5, 5.41) is 7.93. The van der Waals surface area contributed by atoms with Crippen molar-refractivity contribution in [3.05, 3.63) is 75.4 Å². The number of anilines is 1. The molecule has 0 fully saturated rings. The maximum atomic E-state index is 12.5. The number of nitrogens with one attached hydrogen (secondary N) is 1. The Morgan fingerprint density at radius 2 is 1.96 bits per heavy atom. The van der Waals surface area contributed by atoms with Gasteiger partial charge in [0.15, 0.2) is 0 Å². The average Bonchev–Trinajstić information content (AvgIpc) is 2.88. The van der Waals surface area contributed by atoms with Gasteiger partial charge < -0.3 is 5.32 Å². The molecule has 0 atom stereocenters. The van der Waals surface area contributed by atoms with E-state index in [2.05, 4.69) is 26.3 Å². The van der Waals surface area contributed by atoms with Crippen LogP contribution in [0.25, 0.3) is 5.69 Å². The second-order valence-corrected chi connectivity index (χ2v) is 6.29. The lowest BCUT2D eigenvalue weighted by Crippen LogP contribution is -2.15. The summed E-state index contributed by atoms with van der Waals surface area (Å²) in [4.78, 5) is 12.5. The second-order valence-electron chi connectivity index (χ2n) is 5.00. The molecule has 0 unspecified atom stereocenters. The SMILES string of the molecule is Cc1cc(NC(=O)c2ccccc2Br)n(-c2cccc(Cl)c2)n1. The van der Waals surface area contributed by atoms with Crippen molar-refractivity contribution in [2.24, 2.45) is 0 Å². The molecule has 2 aromatic carbocycles. The fourth-order valence-electron chi connectivity index (χ4n) is 2.22. The number of carbonyl (C=O) groups is 1. The van der Waals surface area contributed by atoms with Gasteiger partial charge in [0.2, 0.25) is 0 Å². The summed E-state index contributed by atoms with van der Waals surface area (Å²) in [6.45, 7) is 1.87. The predicted molar refractivity (Wildman–Crippen MR) is 95.4 cm³/mol. The van der Waals surface area contributed by atoms with Crippen LogP contribution in [-0.2, 0) is 0 Å². The fourth-order valence-corrected chi connectivity index (χ4v) is 2.87. The third kappa shape index (κ3) is 3.46. The Labute approximate surface area is 147 Å². The number of hydrogen-bond donors (Lipinski definition) is 1. The molecular weight excluding hydrogens is 378 g/mol. The Balaban J connectivity index is 1.95. The lowest BCUT2D eigenvalue weighted by Gasteiger charge is -2.10. The molecule has 0 aliphatic carbocycles. The van der Waals surface area contributed by atoms with Crippen molar-refractivity contribution in [1.29, 1.82) is 0 Å². The van der Waals surface area contributed by atoms with Crippen LogP contribution in [0.5, 0.6) is 0 Å². The van der Waals surface area contributed by atoms with E-state index in [0.717, 1.165) is 15.9 Å². The number of rotatable bonds is 3. The van der Waals surface area contributed by atoms with E-state index >= 15 is 0 Å². The van der Waals surface area contributed by atoms with Crippen molar-refractivity contribution >= 4 is 39.3 Å². The summed E-state index contributed by atoms with van der Waals surface area (Å²) in [5.41, 5.74) is 2.14. The van der Waals surface area contributed by atoms with E-state index in [-0.39, 0.29) is 5.91 Å². The molecule has 1 heterocycles. The van der Waals surface area contributed by atoms with Crippen molar-refractivity contribution in [3.8, 4) is 5.69 Å². The van der Waals surface area contributed by atoms with Crippen LogP contribution in [0.4, 0.5) is 5.82 Å². The summed E-state index contributed by atoms with van der Waals surface area (Å²) in [6, 6.07) is 16.4. The van der Waals surface area contributed by atoms with Crippen LogP contribution in [-0.4, -0.2) is 15.7 Å². The van der Waals surface area contributed by atoms with Crippen molar-refractivity contribution < 1.29 is 4.79 Å². The molecule has 116 valence electrons. The minimum absolute atomic E-state index is 0.208. The maximum Gasteiger partial charge on any atom is 0.257 e. The number of amides is 1. The zero-order valence-electron chi connectivity index (χ0n) is 12.3. The van der Waals surface area contributed by atoms with E-state index < -0.39 is 0 Å². The second kappa shape index (κ2) is 6.56. The fraction of sp³-hybridized carbons (Fsp3) is 0.0588. The van der Waals surface area contributed by atoms with Crippen LogP contribution in [0, 0.1) is 6.92 Å². The Bertz CT molecular complexity index is 876. The number of carbonyl (C=O) groups excluding carboxylic acids is 1. The molecule has 3 aromatic rings. The van der Waals surface area contributed by atoms with Gasteiger partial charge in [0.05, 0.1) is 16.9 Å². The van der Waals surface area contributed by atoms with E-state index in [1.807, 2.05) is 43.3 Å². The molecule has 0 spiro atoms. The van der Waals surface area contributed by atoms with E-state index in [0.29, 0.717) is 16.4 Å². The van der Waals surface area contributed by atoms with Crippen LogP contribution in [0.3, 0.4) is 0 Å². The number of aromatic nitrogens is 2. The van der Waals surface area contributed by atoms with E-state index in [4.69, 9.17) is 11.6 Å². The maximum absolute atomic E-state index is 12.5. The first-order chi connectivity index (χ1) is 11.0. The Kier molecular flexibility index (Phi) is 4.50. The van der Waals surface area contributed by atoms with Crippen LogP contribution in [0.1, 0.15) is 16.1 Å². The Hall–Kier alpha value is -2.11. The third-order valence-electron chi connectivity index (χ3n) is 3.24. The molecule has 23 heavy (non-hydrogen) atoms. The smallest absolute Gasteiger partial charge is 0.257 e. The van der Waals surface area contributed by atoms with Gasteiger partial charge in [0.25, 0.3) is 5.91 Å². The number of aryl methyl sites for hydroxylation is 1. The predicted octanol–water partition coefficient (Wildman–Crippen LogP) is 4.85. The minimum Gasteiger partial charge on any atom is -0.306 e. The lowest BCUT2D eigenvalue weighted by molar-refractivity contribution is 0.102. The van der Waals surface area contributed by atoms with Gasteiger partial charge in [0.1, 0.15) is 5.82 Å². The number of halogens is 2. The first-order valence-corrected chi connectivity index (χ1v) is 8.10. The average molecular weight is 391 g/mol.